The van der Waals surface area contributed by atoms with Crippen LogP contribution < -0.4 is 11.1 Å². The first-order valence-corrected chi connectivity index (χ1v) is 7.55. The maximum absolute atomic E-state index is 12.5. The van der Waals surface area contributed by atoms with Gasteiger partial charge < -0.3 is 16.0 Å². The Hall–Kier alpha value is -1.55. The molecule has 1 aromatic carbocycles. The number of nitrogens with zero attached hydrogens (tertiary/aromatic N) is 1. The average Bonchev–Trinajstić information content (AvgIpc) is 2.89. The molecule has 1 aliphatic heterocycles. The number of carbonyl (C=O) groups excluding carboxylic acids is 1. The van der Waals surface area contributed by atoms with Crippen molar-refractivity contribution in [2.45, 2.75) is 43.8 Å². The first-order chi connectivity index (χ1) is 9.65. The van der Waals surface area contributed by atoms with Crippen LogP contribution >= 0.6 is 0 Å². The topological polar surface area (TPSA) is 58.4 Å². The van der Waals surface area contributed by atoms with Crippen LogP contribution in [0.1, 0.15) is 30.4 Å². The van der Waals surface area contributed by atoms with Crippen LogP contribution in [-0.4, -0.2) is 29.1 Å². The maximum Gasteiger partial charge on any atom is 0.318 e. The van der Waals surface area contributed by atoms with Crippen LogP contribution in [0.2, 0.25) is 0 Å². The van der Waals surface area contributed by atoms with Crippen LogP contribution in [0.3, 0.4) is 0 Å². The normalized spacial score (nSPS) is 34.4. The molecule has 3 saturated carbocycles. The maximum atomic E-state index is 12.5. The van der Waals surface area contributed by atoms with E-state index < -0.39 is 0 Å². The molecule has 4 nitrogen and oxygen atoms in total. The molecule has 1 unspecified atom stereocenters. The van der Waals surface area contributed by atoms with E-state index >= 15 is 0 Å². The number of urea groups is 1. The lowest BCUT2D eigenvalue weighted by atomic mass is 9.77. The van der Waals surface area contributed by atoms with Crippen LogP contribution in [0.4, 0.5) is 4.79 Å². The van der Waals surface area contributed by atoms with Gasteiger partial charge in [0.15, 0.2) is 0 Å². The monoisotopic (exact) mass is 271 g/mol. The van der Waals surface area contributed by atoms with Gasteiger partial charge in [0, 0.05) is 24.7 Å². The molecular formula is C16H21N3O. The fourth-order valence-corrected chi connectivity index (χ4v) is 4.16. The van der Waals surface area contributed by atoms with Gasteiger partial charge in [-0.15, -0.1) is 0 Å². The predicted octanol–water partition coefficient (Wildman–Crippen LogP) is 1.63. The second-order valence-electron chi connectivity index (χ2n) is 6.69. The summed E-state index contributed by atoms with van der Waals surface area (Å²) in [5.41, 5.74) is 8.72. The molecule has 3 aliphatic carbocycles. The van der Waals surface area contributed by atoms with Crippen molar-refractivity contribution in [1.29, 1.82) is 0 Å². The van der Waals surface area contributed by atoms with Crippen LogP contribution in [0.25, 0.3) is 0 Å². The molecule has 0 saturated heterocycles. The lowest BCUT2D eigenvalue weighted by molar-refractivity contribution is 0.149. The van der Waals surface area contributed by atoms with Crippen molar-refractivity contribution < 1.29 is 4.79 Å². The minimum absolute atomic E-state index is 0.0120. The van der Waals surface area contributed by atoms with Crippen LogP contribution in [0, 0.1) is 5.92 Å². The van der Waals surface area contributed by atoms with Gasteiger partial charge in [0.05, 0.1) is 0 Å². The largest absolute Gasteiger partial charge is 0.332 e. The van der Waals surface area contributed by atoms with Gasteiger partial charge in [0.25, 0.3) is 0 Å². The molecule has 1 atom stereocenters. The van der Waals surface area contributed by atoms with Crippen molar-refractivity contribution in [3.63, 3.8) is 0 Å². The number of amides is 2. The Morgan fingerprint density at radius 1 is 1.25 bits per heavy atom. The Morgan fingerprint density at radius 3 is 2.70 bits per heavy atom. The highest BCUT2D eigenvalue weighted by Crippen LogP contribution is 2.51. The molecule has 0 aromatic heterocycles. The van der Waals surface area contributed by atoms with E-state index in [1.54, 1.807) is 0 Å². The van der Waals surface area contributed by atoms with Gasteiger partial charge in [-0.1, -0.05) is 24.3 Å². The van der Waals surface area contributed by atoms with Gasteiger partial charge in [-0.2, -0.15) is 0 Å². The van der Waals surface area contributed by atoms with Crippen molar-refractivity contribution in [2.75, 3.05) is 6.54 Å². The molecular weight excluding hydrogens is 250 g/mol. The molecule has 3 N–H and O–H groups in total. The second-order valence-corrected chi connectivity index (χ2v) is 6.69. The van der Waals surface area contributed by atoms with Gasteiger partial charge >= 0.3 is 6.03 Å². The molecule has 1 heterocycles. The summed E-state index contributed by atoms with van der Waals surface area (Å²) in [6.07, 6.45) is 4.06. The number of nitrogens with one attached hydrogen (secondary N) is 1. The minimum Gasteiger partial charge on any atom is -0.332 e. The quantitative estimate of drug-likeness (QED) is 0.815. The fraction of sp³-hybridized carbons (Fsp3) is 0.562. The van der Waals surface area contributed by atoms with Gasteiger partial charge in [0.2, 0.25) is 0 Å². The summed E-state index contributed by atoms with van der Waals surface area (Å²) in [5, 5.41) is 3.26. The number of hydrogen-bond donors (Lipinski definition) is 2. The van der Waals surface area contributed by atoms with Gasteiger partial charge in [-0.05, 0) is 42.7 Å². The molecule has 4 heteroatoms. The van der Waals surface area contributed by atoms with Crippen molar-refractivity contribution in [2.24, 2.45) is 11.7 Å². The average molecular weight is 271 g/mol. The lowest BCUT2D eigenvalue weighted by Gasteiger charge is -2.41. The van der Waals surface area contributed by atoms with Crippen molar-refractivity contribution in [1.82, 2.24) is 10.2 Å². The highest BCUT2D eigenvalue weighted by Gasteiger charge is 2.55. The molecule has 106 valence electrons. The van der Waals surface area contributed by atoms with E-state index in [4.69, 9.17) is 5.73 Å². The summed E-state index contributed by atoms with van der Waals surface area (Å²) < 4.78 is 0. The number of benzene rings is 1. The molecule has 20 heavy (non-hydrogen) atoms. The van der Waals surface area contributed by atoms with Crippen LogP contribution in [-0.2, 0) is 13.0 Å². The molecule has 1 aromatic rings. The second kappa shape index (κ2) is 4.22. The van der Waals surface area contributed by atoms with E-state index in [1.165, 1.54) is 11.1 Å². The molecule has 5 rings (SSSR count). The summed E-state index contributed by atoms with van der Waals surface area (Å²) in [6, 6.07) is 8.78. The third kappa shape index (κ3) is 1.82. The highest BCUT2D eigenvalue weighted by atomic mass is 16.2. The Balaban J connectivity index is 1.43. The first kappa shape index (κ1) is 12.2. The van der Waals surface area contributed by atoms with E-state index in [2.05, 4.69) is 23.5 Å². The Kier molecular flexibility index (Phi) is 2.58. The zero-order valence-corrected chi connectivity index (χ0v) is 11.6. The van der Waals surface area contributed by atoms with Gasteiger partial charge in [0.1, 0.15) is 0 Å². The van der Waals surface area contributed by atoms with Crippen molar-refractivity contribution in [3.8, 4) is 0 Å². The minimum atomic E-state index is 0.0120. The lowest BCUT2D eigenvalue weighted by Crippen LogP contribution is -2.56. The molecule has 3 fully saturated rings. The Labute approximate surface area is 119 Å². The summed E-state index contributed by atoms with van der Waals surface area (Å²) in [7, 11) is 0. The van der Waals surface area contributed by atoms with Gasteiger partial charge in [-0.25, -0.2) is 4.79 Å². The molecule has 2 bridgehead atoms. The Morgan fingerprint density at radius 2 is 2.00 bits per heavy atom. The number of fused-ring (bicyclic) bond motifs is 2. The zero-order valence-electron chi connectivity index (χ0n) is 11.6. The number of hydrogen-bond acceptors (Lipinski definition) is 2. The number of carbonyl (C=O) groups is 1. The Bertz CT molecular complexity index is 550. The van der Waals surface area contributed by atoms with Crippen LogP contribution in [0.15, 0.2) is 24.3 Å². The van der Waals surface area contributed by atoms with E-state index in [0.29, 0.717) is 5.92 Å². The first-order valence-electron chi connectivity index (χ1n) is 7.55. The molecule has 4 aliphatic rings. The number of nitrogens with two attached hydrogens (primary N) is 1. The van der Waals surface area contributed by atoms with E-state index in [-0.39, 0.29) is 17.6 Å². The highest BCUT2D eigenvalue weighted by molar-refractivity contribution is 5.76. The molecule has 2 amide bonds. The standard InChI is InChI=1S/C16H21N3O/c17-14-9-16(7-13(14)8-16)18-15(20)19-6-5-11-3-1-2-4-12(11)10-19/h1-4,13-14H,5-10,17H2,(H,18,20). The number of rotatable bonds is 1. The smallest absolute Gasteiger partial charge is 0.318 e. The summed E-state index contributed by atoms with van der Waals surface area (Å²) in [5.74, 6) is 0.636. The summed E-state index contributed by atoms with van der Waals surface area (Å²) >= 11 is 0. The third-order valence-electron chi connectivity index (χ3n) is 5.33. The van der Waals surface area contributed by atoms with E-state index in [0.717, 1.165) is 38.8 Å². The van der Waals surface area contributed by atoms with Crippen molar-refractivity contribution >= 4 is 6.03 Å². The zero-order chi connectivity index (χ0) is 13.7. The van der Waals surface area contributed by atoms with Crippen LogP contribution in [0.5, 0.6) is 0 Å². The fourth-order valence-electron chi connectivity index (χ4n) is 4.16. The van der Waals surface area contributed by atoms with Gasteiger partial charge in [-0.3, -0.25) is 0 Å². The third-order valence-corrected chi connectivity index (χ3v) is 5.33. The summed E-state index contributed by atoms with van der Waals surface area (Å²) in [4.78, 5) is 14.4. The van der Waals surface area contributed by atoms with E-state index in [9.17, 15) is 4.79 Å². The predicted molar refractivity (Wildman–Crippen MR) is 77.1 cm³/mol. The molecule has 0 spiro atoms. The van der Waals surface area contributed by atoms with Crippen molar-refractivity contribution in [3.05, 3.63) is 35.4 Å². The van der Waals surface area contributed by atoms with E-state index in [1.807, 2.05) is 11.0 Å². The SMILES string of the molecule is NC1CC2(NC(=O)N3CCc4ccccc4C3)CC1C2. The molecule has 0 radical (unpaired) electrons. The summed E-state index contributed by atoms with van der Waals surface area (Å²) in [6.45, 7) is 1.54.